The minimum Gasteiger partial charge on any atom is -0.463 e. The highest BCUT2D eigenvalue weighted by Gasteiger charge is 2.20. The Bertz CT molecular complexity index is 635. The molecule has 2 aromatic rings. The van der Waals surface area contributed by atoms with Crippen molar-refractivity contribution >= 4 is 11.8 Å². The summed E-state index contributed by atoms with van der Waals surface area (Å²) in [5.41, 5.74) is 6.09. The molecule has 0 aliphatic carbocycles. The average molecular weight is 260 g/mol. The van der Waals surface area contributed by atoms with E-state index in [0.29, 0.717) is 17.0 Å². The number of hydrogen-bond donors (Lipinski definition) is 2. The minimum absolute atomic E-state index is 0.000000000000000222. The van der Waals surface area contributed by atoms with Crippen molar-refractivity contribution < 1.29 is 14.0 Å². The van der Waals surface area contributed by atoms with E-state index in [2.05, 4.69) is 15.3 Å². The van der Waals surface area contributed by atoms with E-state index in [9.17, 15) is 9.59 Å². The molecule has 0 unspecified atom stereocenters. The van der Waals surface area contributed by atoms with Crippen molar-refractivity contribution in [3.8, 4) is 11.5 Å². The van der Waals surface area contributed by atoms with Gasteiger partial charge in [0, 0.05) is 12.6 Å². The number of primary amides is 1. The van der Waals surface area contributed by atoms with Crippen LogP contribution in [0, 0.1) is 6.92 Å². The van der Waals surface area contributed by atoms with Gasteiger partial charge in [-0.25, -0.2) is 9.97 Å². The van der Waals surface area contributed by atoms with Crippen LogP contribution >= 0.6 is 0 Å². The van der Waals surface area contributed by atoms with Crippen molar-refractivity contribution in [2.24, 2.45) is 5.73 Å². The van der Waals surface area contributed by atoms with Gasteiger partial charge in [0.2, 0.25) is 5.82 Å². The van der Waals surface area contributed by atoms with Crippen LogP contribution in [-0.2, 0) is 0 Å². The molecule has 0 spiro atoms. The first-order valence-corrected chi connectivity index (χ1v) is 5.49. The number of nitrogens with one attached hydrogen (secondary N) is 1. The van der Waals surface area contributed by atoms with Gasteiger partial charge in [-0.15, -0.1) is 0 Å². The van der Waals surface area contributed by atoms with Crippen molar-refractivity contribution in [3.63, 3.8) is 0 Å². The number of nitrogens with zero attached hydrogens (tertiary/aromatic N) is 2. The number of amides is 2. The lowest BCUT2D eigenvalue weighted by Gasteiger charge is -2.08. The second kappa shape index (κ2) is 4.89. The summed E-state index contributed by atoms with van der Waals surface area (Å²) in [6, 6.07) is 3.36. The molecule has 0 saturated heterocycles. The number of rotatable bonds is 3. The van der Waals surface area contributed by atoms with Crippen LogP contribution in [0.1, 0.15) is 26.7 Å². The van der Waals surface area contributed by atoms with E-state index in [1.54, 1.807) is 19.1 Å². The molecule has 0 bridgehead atoms. The Hall–Kier alpha value is -2.70. The Morgan fingerprint density at radius 3 is 2.63 bits per heavy atom. The van der Waals surface area contributed by atoms with Crippen molar-refractivity contribution in [1.29, 1.82) is 0 Å². The fourth-order valence-corrected chi connectivity index (χ4v) is 1.62. The first-order chi connectivity index (χ1) is 9.04. The predicted molar refractivity (Wildman–Crippen MR) is 66.4 cm³/mol. The van der Waals surface area contributed by atoms with E-state index < -0.39 is 11.8 Å². The molecule has 0 atom stereocenters. The molecule has 19 heavy (non-hydrogen) atoms. The Balaban J connectivity index is 2.68. The molecule has 2 amide bonds. The third-order valence-corrected chi connectivity index (χ3v) is 2.56. The van der Waals surface area contributed by atoms with Gasteiger partial charge in [0.15, 0.2) is 5.76 Å². The molecule has 3 N–H and O–H groups in total. The highest BCUT2D eigenvalue weighted by atomic mass is 16.3. The van der Waals surface area contributed by atoms with E-state index in [0.717, 1.165) is 0 Å². The van der Waals surface area contributed by atoms with Crippen LogP contribution in [0.15, 0.2) is 22.8 Å². The number of carbonyl (C=O) groups is 2. The highest BCUT2D eigenvalue weighted by Crippen LogP contribution is 2.23. The molecule has 0 saturated carbocycles. The van der Waals surface area contributed by atoms with E-state index in [4.69, 9.17) is 10.2 Å². The standard InChI is InChI=1S/C12H12N4O3/c1-6-8(7-4-3-5-19-7)15-11(12(18)14-2)16-9(6)10(13)17/h3-5H,1-2H3,(H2,13,17)(H,14,18). The lowest BCUT2D eigenvalue weighted by Crippen LogP contribution is -2.25. The third kappa shape index (κ3) is 2.30. The molecule has 0 aromatic carbocycles. The van der Waals surface area contributed by atoms with E-state index in [-0.39, 0.29) is 11.5 Å². The summed E-state index contributed by atoms with van der Waals surface area (Å²) in [7, 11) is 1.45. The maximum Gasteiger partial charge on any atom is 0.288 e. The third-order valence-electron chi connectivity index (χ3n) is 2.56. The summed E-state index contributed by atoms with van der Waals surface area (Å²) in [5.74, 6) is -0.922. The SMILES string of the molecule is CNC(=O)c1nc(C(N)=O)c(C)c(-c2ccco2)n1. The maximum absolute atomic E-state index is 11.6. The Morgan fingerprint density at radius 1 is 1.37 bits per heavy atom. The average Bonchev–Trinajstić information content (AvgIpc) is 2.91. The Labute approximate surface area is 108 Å². The van der Waals surface area contributed by atoms with Crippen LogP contribution in [0.3, 0.4) is 0 Å². The zero-order chi connectivity index (χ0) is 14.0. The molecule has 98 valence electrons. The zero-order valence-corrected chi connectivity index (χ0v) is 10.4. The summed E-state index contributed by atoms with van der Waals surface area (Å²) in [5, 5.41) is 2.39. The second-order valence-corrected chi connectivity index (χ2v) is 3.79. The van der Waals surface area contributed by atoms with Gasteiger partial charge in [0.25, 0.3) is 11.8 Å². The number of aromatic nitrogens is 2. The van der Waals surface area contributed by atoms with Gasteiger partial charge in [-0.05, 0) is 19.1 Å². The second-order valence-electron chi connectivity index (χ2n) is 3.79. The summed E-state index contributed by atoms with van der Waals surface area (Å²) in [6.07, 6.45) is 1.47. The molecule has 7 nitrogen and oxygen atoms in total. The lowest BCUT2D eigenvalue weighted by molar-refractivity contribution is 0.0952. The maximum atomic E-state index is 11.6. The van der Waals surface area contributed by atoms with Crippen molar-refractivity contribution in [1.82, 2.24) is 15.3 Å². The van der Waals surface area contributed by atoms with Gasteiger partial charge in [-0.1, -0.05) is 0 Å². The number of furan rings is 1. The van der Waals surface area contributed by atoms with Gasteiger partial charge >= 0.3 is 0 Å². The van der Waals surface area contributed by atoms with Crippen LogP contribution in [-0.4, -0.2) is 28.8 Å². The highest BCUT2D eigenvalue weighted by molar-refractivity contribution is 5.96. The number of nitrogens with two attached hydrogens (primary N) is 1. The molecule has 7 heteroatoms. The fourth-order valence-electron chi connectivity index (χ4n) is 1.62. The van der Waals surface area contributed by atoms with Crippen LogP contribution in [0.25, 0.3) is 11.5 Å². The number of hydrogen-bond acceptors (Lipinski definition) is 5. The van der Waals surface area contributed by atoms with Crippen LogP contribution in [0.4, 0.5) is 0 Å². The van der Waals surface area contributed by atoms with Gasteiger partial charge in [0.05, 0.1) is 6.26 Å². The molecule has 2 rings (SSSR count). The number of carbonyl (C=O) groups excluding carboxylic acids is 2. The smallest absolute Gasteiger partial charge is 0.288 e. The van der Waals surface area contributed by atoms with Crippen LogP contribution < -0.4 is 11.1 Å². The topological polar surface area (TPSA) is 111 Å². The lowest BCUT2D eigenvalue weighted by atomic mass is 10.1. The van der Waals surface area contributed by atoms with Crippen molar-refractivity contribution in [2.45, 2.75) is 6.92 Å². The summed E-state index contributed by atoms with van der Waals surface area (Å²) in [4.78, 5) is 31.0. The summed E-state index contributed by atoms with van der Waals surface area (Å²) < 4.78 is 5.23. The van der Waals surface area contributed by atoms with Gasteiger partial charge in [0.1, 0.15) is 11.4 Å². The van der Waals surface area contributed by atoms with Gasteiger partial charge in [-0.3, -0.25) is 9.59 Å². The normalized spacial score (nSPS) is 10.2. The van der Waals surface area contributed by atoms with Crippen LogP contribution in [0.2, 0.25) is 0 Å². The van der Waals surface area contributed by atoms with E-state index in [1.807, 2.05) is 0 Å². The molecule has 2 aromatic heterocycles. The van der Waals surface area contributed by atoms with E-state index >= 15 is 0 Å². The first-order valence-electron chi connectivity index (χ1n) is 5.49. The fraction of sp³-hybridized carbons (Fsp3) is 0.167. The molecule has 2 heterocycles. The molecule has 0 aliphatic heterocycles. The van der Waals surface area contributed by atoms with E-state index in [1.165, 1.54) is 13.3 Å². The Kier molecular flexibility index (Phi) is 3.28. The van der Waals surface area contributed by atoms with Crippen molar-refractivity contribution in [2.75, 3.05) is 7.05 Å². The first kappa shape index (κ1) is 12.7. The quantitative estimate of drug-likeness (QED) is 0.834. The molecule has 0 fully saturated rings. The molecular formula is C12H12N4O3. The zero-order valence-electron chi connectivity index (χ0n) is 10.4. The largest absolute Gasteiger partial charge is 0.463 e. The molecule has 0 radical (unpaired) electrons. The summed E-state index contributed by atoms with van der Waals surface area (Å²) >= 11 is 0. The summed E-state index contributed by atoms with van der Waals surface area (Å²) in [6.45, 7) is 1.64. The minimum atomic E-state index is -0.724. The van der Waals surface area contributed by atoms with Gasteiger partial charge < -0.3 is 15.5 Å². The van der Waals surface area contributed by atoms with Crippen molar-refractivity contribution in [3.05, 3.63) is 35.5 Å². The predicted octanol–water partition coefficient (Wildman–Crippen LogP) is 0.504. The molecular weight excluding hydrogens is 248 g/mol. The monoisotopic (exact) mass is 260 g/mol. The Morgan fingerprint density at radius 2 is 2.11 bits per heavy atom. The van der Waals surface area contributed by atoms with Gasteiger partial charge in [-0.2, -0.15) is 0 Å². The van der Waals surface area contributed by atoms with Crippen LogP contribution in [0.5, 0.6) is 0 Å². The molecule has 0 aliphatic rings.